The normalized spacial score (nSPS) is 25.8. The molecule has 2 rings (SSSR count). The van der Waals surface area contributed by atoms with Gasteiger partial charge in [0.25, 0.3) is 0 Å². The van der Waals surface area contributed by atoms with Crippen molar-refractivity contribution in [2.45, 2.75) is 30.2 Å². The Bertz CT molecular complexity index is 596. The minimum atomic E-state index is -0.829. The molecule has 3 atom stereocenters. The molecule has 1 fully saturated rings. The molecule has 2 heterocycles. The quantitative estimate of drug-likeness (QED) is 0.564. The van der Waals surface area contributed by atoms with Gasteiger partial charge in [-0.25, -0.2) is 0 Å². The van der Waals surface area contributed by atoms with E-state index in [0.717, 1.165) is 0 Å². The van der Waals surface area contributed by atoms with Crippen LogP contribution in [0.3, 0.4) is 0 Å². The number of nitrogens with one attached hydrogen (secondary N) is 1. The number of aromatic amines is 1. The first kappa shape index (κ1) is 15.2. The predicted octanol–water partition coefficient (Wildman–Crippen LogP) is -1.47. The number of hydrogen-bond donors (Lipinski definition) is 3. The van der Waals surface area contributed by atoms with E-state index in [1.54, 1.807) is 4.97 Å². The van der Waals surface area contributed by atoms with Gasteiger partial charge in [-0.05, 0) is 0 Å². The zero-order valence-corrected chi connectivity index (χ0v) is 12.4. The molecule has 3 N–H and O–H groups in total. The summed E-state index contributed by atoms with van der Waals surface area (Å²) in [4.78, 5) is 27.5. The Hall–Kier alpha value is -1.18. The average Bonchev–Trinajstić information content (AvgIpc) is 2.79. The molecule has 0 radical (unpaired) electrons. The molecule has 1 saturated heterocycles. The van der Waals surface area contributed by atoms with Crippen molar-refractivity contribution in [3.05, 3.63) is 44.2 Å². The van der Waals surface area contributed by atoms with Gasteiger partial charge in [-0.15, -0.1) is 0 Å². The third kappa shape index (κ3) is 3.10. The molecule has 1 unspecified atom stereocenters. The maximum atomic E-state index is 11.8. The van der Waals surface area contributed by atoms with Crippen molar-refractivity contribution in [1.29, 1.82) is 0 Å². The van der Waals surface area contributed by atoms with Gasteiger partial charge in [0.05, 0.1) is 0 Å². The van der Waals surface area contributed by atoms with Gasteiger partial charge < -0.3 is 0 Å². The average molecular weight is 347 g/mol. The third-order valence-corrected chi connectivity index (χ3v) is 4.59. The number of H-pyrrole nitrogens is 1. The van der Waals surface area contributed by atoms with Gasteiger partial charge >= 0.3 is 120 Å². The van der Waals surface area contributed by atoms with Crippen LogP contribution in [0, 0.1) is 0 Å². The minimum absolute atomic E-state index is 0.0823. The zero-order chi connectivity index (χ0) is 14.7. The van der Waals surface area contributed by atoms with Crippen LogP contribution in [0.15, 0.2) is 27.3 Å². The standard InChI is InChI=1S/C12H16N2O5Se/c1-2-20-6-7-4-14(12(18)13-11(7)17)10-3-8(16)9(5-15)19-10/h2,4,8-10,15-16H,1,3,5-6H2,(H,13,17,18)/t8?,9-,10-/m1/s1. The molecule has 20 heavy (non-hydrogen) atoms. The van der Waals surface area contributed by atoms with Gasteiger partial charge in [-0.3, -0.25) is 0 Å². The van der Waals surface area contributed by atoms with Crippen LogP contribution in [0.2, 0.25) is 0 Å². The molecule has 0 amide bonds. The molecule has 0 aliphatic carbocycles. The van der Waals surface area contributed by atoms with Gasteiger partial charge in [0.1, 0.15) is 0 Å². The summed E-state index contributed by atoms with van der Waals surface area (Å²) in [5, 5.41) is 19.3. The molecule has 0 saturated carbocycles. The molecule has 0 bridgehead atoms. The Kier molecular flexibility index (Phi) is 4.95. The van der Waals surface area contributed by atoms with Crippen LogP contribution in [0.25, 0.3) is 0 Å². The summed E-state index contributed by atoms with van der Waals surface area (Å²) >= 11 is 0.0823. The first-order valence-corrected chi connectivity index (χ1v) is 8.28. The Balaban J connectivity index is 2.30. The molecule has 1 aliphatic heterocycles. The molecule has 1 aliphatic rings. The monoisotopic (exact) mass is 348 g/mol. The zero-order valence-electron chi connectivity index (χ0n) is 10.7. The van der Waals surface area contributed by atoms with Crippen LogP contribution in [-0.2, 0) is 10.1 Å². The second-order valence-electron chi connectivity index (χ2n) is 4.41. The summed E-state index contributed by atoms with van der Waals surface area (Å²) < 4.78 is 6.67. The van der Waals surface area contributed by atoms with Crippen molar-refractivity contribution in [3.8, 4) is 0 Å². The summed E-state index contributed by atoms with van der Waals surface area (Å²) in [6.45, 7) is 3.30. The Morgan fingerprint density at radius 2 is 2.35 bits per heavy atom. The van der Waals surface area contributed by atoms with E-state index in [4.69, 9.17) is 9.84 Å². The van der Waals surface area contributed by atoms with Gasteiger partial charge in [-0.1, -0.05) is 0 Å². The van der Waals surface area contributed by atoms with Crippen molar-refractivity contribution in [3.63, 3.8) is 0 Å². The van der Waals surface area contributed by atoms with E-state index in [0.29, 0.717) is 10.9 Å². The van der Waals surface area contributed by atoms with Crippen molar-refractivity contribution >= 4 is 15.0 Å². The SMILES string of the molecule is C=C[Se]Cc1cn([C@H]2CC(O)[C@@H](CO)O2)c(=O)[nH]c1=O. The van der Waals surface area contributed by atoms with E-state index in [-0.39, 0.29) is 28.0 Å². The van der Waals surface area contributed by atoms with E-state index in [2.05, 4.69) is 11.6 Å². The topological polar surface area (TPSA) is 105 Å². The number of hydrogen-bond acceptors (Lipinski definition) is 5. The van der Waals surface area contributed by atoms with Crippen LogP contribution in [0.5, 0.6) is 0 Å². The van der Waals surface area contributed by atoms with E-state index in [9.17, 15) is 14.7 Å². The van der Waals surface area contributed by atoms with Crippen LogP contribution in [0.1, 0.15) is 18.2 Å². The summed E-state index contributed by atoms with van der Waals surface area (Å²) in [5.74, 6) is 0. The van der Waals surface area contributed by atoms with Crippen molar-refractivity contribution in [1.82, 2.24) is 9.55 Å². The molecule has 1 aromatic heterocycles. The molecule has 0 aromatic carbocycles. The van der Waals surface area contributed by atoms with Crippen LogP contribution in [0.4, 0.5) is 0 Å². The van der Waals surface area contributed by atoms with Gasteiger partial charge in [0, 0.05) is 0 Å². The van der Waals surface area contributed by atoms with Crippen LogP contribution < -0.4 is 11.2 Å². The number of nitrogens with zero attached hydrogens (tertiary/aromatic N) is 1. The second kappa shape index (κ2) is 6.51. The number of rotatable bonds is 5. The first-order chi connectivity index (χ1) is 9.56. The third-order valence-electron chi connectivity index (χ3n) is 3.09. The maximum absolute atomic E-state index is 11.8. The fourth-order valence-corrected chi connectivity index (χ4v) is 3.10. The van der Waals surface area contributed by atoms with Crippen molar-refractivity contribution in [2.24, 2.45) is 0 Å². The van der Waals surface area contributed by atoms with E-state index in [1.807, 2.05) is 0 Å². The van der Waals surface area contributed by atoms with Gasteiger partial charge in [-0.2, -0.15) is 0 Å². The Morgan fingerprint density at radius 1 is 1.60 bits per heavy atom. The number of ether oxygens (including phenoxy) is 1. The van der Waals surface area contributed by atoms with E-state index < -0.39 is 29.7 Å². The summed E-state index contributed by atoms with van der Waals surface area (Å²) in [6, 6.07) is 0. The summed E-state index contributed by atoms with van der Waals surface area (Å²) in [5.41, 5.74) is -0.511. The molecule has 110 valence electrons. The Morgan fingerprint density at radius 3 is 2.95 bits per heavy atom. The van der Waals surface area contributed by atoms with Crippen LogP contribution in [-0.4, -0.2) is 53.5 Å². The van der Waals surface area contributed by atoms with Crippen molar-refractivity contribution < 1.29 is 14.9 Å². The number of aromatic nitrogens is 2. The molecule has 0 spiro atoms. The molecular formula is C12H16N2O5Se. The molecule has 1 aromatic rings. The molecular weight excluding hydrogens is 331 g/mol. The first-order valence-electron chi connectivity index (χ1n) is 6.08. The van der Waals surface area contributed by atoms with E-state index in [1.165, 1.54) is 10.8 Å². The van der Waals surface area contributed by atoms with Crippen molar-refractivity contribution in [2.75, 3.05) is 6.61 Å². The second-order valence-corrected chi connectivity index (χ2v) is 6.42. The number of aliphatic hydroxyl groups excluding tert-OH is 2. The molecule has 8 heteroatoms. The Labute approximate surface area is 121 Å². The summed E-state index contributed by atoms with van der Waals surface area (Å²) in [6.07, 6.45) is -0.557. The van der Waals surface area contributed by atoms with E-state index >= 15 is 0 Å². The predicted molar refractivity (Wildman–Crippen MR) is 72.6 cm³/mol. The van der Waals surface area contributed by atoms with Gasteiger partial charge in [0.15, 0.2) is 0 Å². The van der Waals surface area contributed by atoms with Crippen LogP contribution >= 0.6 is 0 Å². The number of aliphatic hydroxyl groups is 2. The summed E-state index contributed by atoms with van der Waals surface area (Å²) in [7, 11) is 0. The van der Waals surface area contributed by atoms with Gasteiger partial charge in [0.2, 0.25) is 0 Å². The fraction of sp³-hybridized carbons (Fsp3) is 0.500. The fourth-order valence-electron chi connectivity index (χ4n) is 2.04. The molecule has 7 nitrogen and oxygen atoms in total.